The first kappa shape index (κ1) is 16.5. The third kappa shape index (κ3) is 3.45. The lowest BCUT2D eigenvalue weighted by atomic mass is 9.72. The average molecular weight is 329 g/mol. The van der Waals surface area contributed by atoms with Crippen LogP contribution >= 0.6 is 11.6 Å². The molecule has 2 aromatic rings. The summed E-state index contributed by atoms with van der Waals surface area (Å²) in [6.45, 7) is 0.888. The van der Waals surface area contributed by atoms with Gasteiger partial charge in [0.15, 0.2) is 0 Å². The summed E-state index contributed by atoms with van der Waals surface area (Å²) in [5.41, 5.74) is 2.45. The van der Waals surface area contributed by atoms with Crippen LogP contribution in [0.1, 0.15) is 36.8 Å². The maximum absolute atomic E-state index is 6.54. The summed E-state index contributed by atoms with van der Waals surface area (Å²) in [6.07, 6.45) is 4.77. The molecule has 0 aliphatic heterocycles. The molecule has 3 rings (SSSR count). The van der Waals surface area contributed by atoms with E-state index in [-0.39, 0.29) is 5.54 Å². The van der Waals surface area contributed by atoms with Crippen molar-refractivity contribution >= 4 is 11.6 Å². The number of hydrogen-bond donors (Lipinski definition) is 2. The summed E-state index contributed by atoms with van der Waals surface area (Å²) in [7, 11) is 2.06. The Hall–Kier alpha value is -1.35. The molecule has 0 radical (unpaired) electrons. The molecular formula is C20H25ClN2. The number of benzene rings is 2. The lowest BCUT2D eigenvalue weighted by molar-refractivity contribution is 0.177. The Morgan fingerprint density at radius 3 is 2.52 bits per heavy atom. The summed E-state index contributed by atoms with van der Waals surface area (Å²) >= 11 is 6.54. The molecule has 1 fully saturated rings. The van der Waals surface area contributed by atoms with Crippen molar-refractivity contribution in [2.75, 3.05) is 7.05 Å². The smallest absolute Gasteiger partial charge is 0.0602 e. The quantitative estimate of drug-likeness (QED) is 0.845. The summed E-state index contributed by atoms with van der Waals surface area (Å²) in [5, 5.41) is 8.25. The molecule has 0 aromatic heterocycles. The second kappa shape index (κ2) is 7.48. The summed E-state index contributed by atoms with van der Waals surface area (Å²) in [4.78, 5) is 0. The zero-order valence-electron chi connectivity index (χ0n) is 13.7. The van der Waals surface area contributed by atoms with Crippen LogP contribution in [0.25, 0.3) is 0 Å². The normalized spacial score (nSPS) is 24.5. The van der Waals surface area contributed by atoms with E-state index in [1.54, 1.807) is 0 Å². The van der Waals surface area contributed by atoms with Crippen LogP contribution in [-0.4, -0.2) is 13.1 Å². The molecule has 3 heteroatoms. The van der Waals surface area contributed by atoms with E-state index < -0.39 is 0 Å². The Labute approximate surface area is 144 Å². The monoisotopic (exact) mass is 328 g/mol. The highest BCUT2D eigenvalue weighted by molar-refractivity contribution is 6.31. The number of hydrogen-bond acceptors (Lipinski definition) is 2. The van der Waals surface area contributed by atoms with E-state index >= 15 is 0 Å². The van der Waals surface area contributed by atoms with Crippen LogP contribution in [0, 0.1) is 0 Å². The van der Waals surface area contributed by atoms with E-state index in [9.17, 15) is 0 Å². The fourth-order valence-electron chi connectivity index (χ4n) is 3.87. The molecule has 1 aliphatic carbocycles. The van der Waals surface area contributed by atoms with Crippen LogP contribution in [0.4, 0.5) is 0 Å². The predicted molar refractivity (Wildman–Crippen MR) is 97.7 cm³/mol. The Bertz CT molecular complexity index is 629. The van der Waals surface area contributed by atoms with E-state index in [0.29, 0.717) is 6.04 Å². The molecule has 0 unspecified atom stereocenters. The number of halogens is 1. The fourth-order valence-corrected chi connectivity index (χ4v) is 4.17. The summed E-state index contributed by atoms with van der Waals surface area (Å²) < 4.78 is 0. The first-order chi connectivity index (χ1) is 11.3. The van der Waals surface area contributed by atoms with Crippen LogP contribution in [0.2, 0.25) is 5.02 Å². The molecule has 0 bridgehead atoms. The SMILES string of the molecule is CN[C@]1(c2ccccc2Cl)CCCC[C@@H]1NCc1ccccc1. The predicted octanol–water partition coefficient (Wildman–Crippen LogP) is 4.49. The molecule has 0 saturated heterocycles. The second-order valence-electron chi connectivity index (χ2n) is 6.37. The van der Waals surface area contributed by atoms with Gasteiger partial charge in [-0.15, -0.1) is 0 Å². The van der Waals surface area contributed by atoms with Crippen molar-refractivity contribution in [2.45, 2.75) is 43.8 Å². The van der Waals surface area contributed by atoms with Gasteiger partial charge in [0.2, 0.25) is 0 Å². The van der Waals surface area contributed by atoms with Gasteiger partial charge in [0.1, 0.15) is 0 Å². The number of nitrogens with one attached hydrogen (secondary N) is 2. The number of likely N-dealkylation sites (N-methyl/N-ethyl adjacent to an activating group) is 1. The minimum atomic E-state index is -0.0919. The van der Waals surface area contributed by atoms with Crippen molar-refractivity contribution in [3.05, 3.63) is 70.7 Å². The van der Waals surface area contributed by atoms with E-state index in [0.717, 1.165) is 18.0 Å². The van der Waals surface area contributed by atoms with E-state index in [4.69, 9.17) is 11.6 Å². The van der Waals surface area contributed by atoms with Crippen LogP contribution in [0.15, 0.2) is 54.6 Å². The molecule has 122 valence electrons. The average Bonchev–Trinajstić information content (AvgIpc) is 2.61. The Morgan fingerprint density at radius 2 is 1.78 bits per heavy atom. The molecule has 23 heavy (non-hydrogen) atoms. The van der Waals surface area contributed by atoms with Gasteiger partial charge in [0.05, 0.1) is 5.54 Å². The lowest BCUT2D eigenvalue weighted by Gasteiger charge is -2.45. The molecule has 1 saturated carbocycles. The molecule has 1 aliphatic rings. The highest BCUT2D eigenvalue weighted by atomic mass is 35.5. The maximum atomic E-state index is 6.54. The minimum Gasteiger partial charge on any atom is -0.309 e. The Kier molecular flexibility index (Phi) is 5.37. The fraction of sp³-hybridized carbons (Fsp3) is 0.400. The highest BCUT2D eigenvalue weighted by Gasteiger charge is 2.41. The van der Waals surface area contributed by atoms with E-state index in [1.165, 1.54) is 30.4 Å². The summed E-state index contributed by atoms with van der Waals surface area (Å²) in [5.74, 6) is 0. The van der Waals surface area contributed by atoms with E-state index in [1.807, 2.05) is 12.1 Å². The second-order valence-corrected chi connectivity index (χ2v) is 6.77. The van der Waals surface area contributed by atoms with Crippen molar-refractivity contribution in [2.24, 2.45) is 0 Å². The largest absolute Gasteiger partial charge is 0.309 e. The van der Waals surface area contributed by atoms with Crippen LogP contribution in [-0.2, 0) is 12.1 Å². The van der Waals surface area contributed by atoms with Crippen molar-refractivity contribution < 1.29 is 0 Å². The standard InChI is InChI=1S/C20H25ClN2/c1-22-20(17-11-5-6-12-18(17)21)14-8-7-13-19(20)23-15-16-9-3-2-4-10-16/h2-6,9-12,19,22-23H,7-8,13-15H2,1H3/t19-,20-/m0/s1. The van der Waals surface area contributed by atoms with Crippen molar-refractivity contribution in [1.29, 1.82) is 0 Å². The van der Waals surface area contributed by atoms with Gasteiger partial charge in [0.25, 0.3) is 0 Å². The number of rotatable bonds is 5. The molecule has 2 aromatic carbocycles. The lowest BCUT2D eigenvalue weighted by Crippen LogP contribution is -2.57. The molecule has 0 amide bonds. The molecule has 2 atom stereocenters. The third-order valence-electron chi connectivity index (χ3n) is 5.10. The molecule has 2 nitrogen and oxygen atoms in total. The zero-order valence-corrected chi connectivity index (χ0v) is 14.4. The van der Waals surface area contributed by atoms with Gasteiger partial charge in [-0.1, -0.05) is 73.0 Å². The van der Waals surface area contributed by atoms with Gasteiger partial charge < -0.3 is 10.6 Å². The van der Waals surface area contributed by atoms with Gasteiger partial charge >= 0.3 is 0 Å². The van der Waals surface area contributed by atoms with Crippen molar-refractivity contribution in [3.63, 3.8) is 0 Å². The topological polar surface area (TPSA) is 24.1 Å². The third-order valence-corrected chi connectivity index (χ3v) is 5.43. The molecule has 0 spiro atoms. The van der Waals surface area contributed by atoms with Crippen molar-refractivity contribution in [1.82, 2.24) is 10.6 Å². The zero-order chi connectivity index (χ0) is 16.1. The summed E-state index contributed by atoms with van der Waals surface area (Å²) in [6, 6.07) is 19.2. The van der Waals surface area contributed by atoms with E-state index in [2.05, 4.69) is 60.1 Å². The highest BCUT2D eigenvalue weighted by Crippen LogP contribution is 2.40. The van der Waals surface area contributed by atoms with Crippen LogP contribution < -0.4 is 10.6 Å². The molecule has 2 N–H and O–H groups in total. The van der Waals surface area contributed by atoms with Crippen LogP contribution in [0.3, 0.4) is 0 Å². The first-order valence-electron chi connectivity index (χ1n) is 8.47. The maximum Gasteiger partial charge on any atom is 0.0602 e. The Balaban J connectivity index is 1.85. The van der Waals surface area contributed by atoms with Gasteiger partial charge in [-0.25, -0.2) is 0 Å². The van der Waals surface area contributed by atoms with Gasteiger partial charge in [-0.3, -0.25) is 0 Å². The van der Waals surface area contributed by atoms with Gasteiger partial charge in [-0.05, 0) is 37.1 Å². The minimum absolute atomic E-state index is 0.0919. The first-order valence-corrected chi connectivity index (χ1v) is 8.85. The van der Waals surface area contributed by atoms with Gasteiger partial charge in [-0.2, -0.15) is 0 Å². The van der Waals surface area contributed by atoms with Crippen molar-refractivity contribution in [3.8, 4) is 0 Å². The Morgan fingerprint density at radius 1 is 1.04 bits per heavy atom. The molecule has 0 heterocycles. The van der Waals surface area contributed by atoms with Crippen LogP contribution in [0.5, 0.6) is 0 Å². The van der Waals surface area contributed by atoms with Gasteiger partial charge in [0, 0.05) is 17.6 Å². The molecular weight excluding hydrogens is 304 g/mol.